The quantitative estimate of drug-likeness (QED) is 0.388. The van der Waals surface area contributed by atoms with Gasteiger partial charge in [0.15, 0.2) is 0 Å². The second-order valence-corrected chi connectivity index (χ2v) is 8.12. The van der Waals surface area contributed by atoms with Gasteiger partial charge in [0.2, 0.25) is 0 Å². The zero-order valence-corrected chi connectivity index (χ0v) is 18.5. The molecule has 0 aliphatic heterocycles. The molecule has 0 saturated carbocycles. The predicted octanol–water partition coefficient (Wildman–Crippen LogP) is 6.79. The molecular formula is C28H33NO. The molecule has 30 heavy (non-hydrogen) atoms. The molecule has 3 rings (SSSR count). The predicted molar refractivity (Wildman–Crippen MR) is 127 cm³/mol. The van der Waals surface area contributed by atoms with Crippen LogP contribution in [0.2, 0.25) is 0 Å². The number of rotatable bonds is 9. The van der Waals surface area contributed by atoms with Gasteiger partial charge in [-0.2, -0.15) is 0 Å². The van der Waals surface area contributed by atoms with Crippen molar-refractivity contribution < 1.29 is 4.79 Å². The van der Waals surface area contributed by atoms with Crippen LogP contribution in [0.5, 0.6) is 0 Å². The van der Waals surface area contributed by atoms with Crippen LogP contribution >= 0.6 is 0 Å². The molecule has 0 atom stereocenters. The molecule has 0 unspecified atom stereocenters. The van der Waals surface area contributed by atoms with Crippen molar-refractivity contribution >= 4 is 11.6 Å². The lowest BCUT2D eigenvalue weighted by molar-refractivity contribution is 0.0993. The van der Waals surface area contributed by atoms with Gasteiger partial charge < -0.3 is 4.90 Å². The normalized spacial score (nSPS) is 10.8. The highest BCUT2D eigenvalue weighted by Crippen LogP contribution is 2.18. The number of carbonyl (C=O) groups is 1. The lowest BCUT2D eigenvalue weighted by atomic mass is 9.96. The maximum Gasteiger partial charge on any atom is 0.258 e. The molecule has 0 heterocycles. The van der Waals surface area contributed by atoms with E-state index in [-0.39, 0.29) is 5.91 Å². The third kappa shape index (κ3) is 5.82. The molecule has 0 N–H and O–H groups in total. The van der Waals surface area contributed by atoms with Gasteiger partial charge in [0.25, 0.3) is 5.91 Å². The molecule has 0 radical (unpaired) electrons. The maximum atomic E-state index is 12.8. The lowest BCUT2D eigenvalue weighted by Crippen LogP contribution is -2.26. The smallest absolute Gasteiger partial charge is 0.258 e. The third-order valence-corrected chi connectivity index (χ3v) is 5.76. The van der Waals surface area contributed by atoms with Crippen molar-refractivity contribution in [2.24, 2.45) is 0 Å². The summed E-state index contributed by atoms with van der Waals surface area (Å²) in [5, 5.41) is 0. The molecule has 0 aliphatic carbocycles. The number of hydrogen-bond acceptors (Lipinski definition) is 1. The Balaban J connectivity index is 1.56. The summed E-state index contributed by atoms with van der Waals surface area (Å²) in [6, 6.07) is 25.0. The number of unbranched alkanes of at least 4 members (excludes halogenated alkanes) is 1. The summed E-state index contributed by atoms with van der Waals surface area (Å²) in [6.45, 7) is 4.30. The van der Waals surface area contributed by atoms with E-state index < -0.39 is 0 Å². The van der Waals surface area contributed by atoms with Crippen molar-refractivity contribution in [1.82, 2.24) is 0 Å². The van der Waals surface area contributed by atoms with E-state index >= 15 is 0 Å². The van der Waals surface area contributed by atoms with E-state index in [0.29, 0.717) is 0 Å². The second kappa shape index (κ2) is 10.8. The van der Waals surface area contributed by atoms with Crippen LogP contribution in [0.3, 0.4) is 0 Å². The summed E-state index contributed by atoms with van der Waals surface area (Å²) >= 11 is 0. The largest absolute Gasteiger partial charge is 0.311 e. The van der Waals surface area contributed by atoms with E-state index in [1.807, 2.05) is 50.4 Å². The molecule has 3 aromatic rings. The fourth-order valence-electron chi connectivity index (χ4n) is 3.79. The zero-order valence-electron chi connectivity index (χ0n) is 18.5. The minimum atomic E-state index is 0.0234. The summed E-state index contributed by atoms with van der Waals surface area (Å²) in [7, 11) is 1.83. The first kappa shape index (κ1) is 21.8. The van der Waals surface area contributed by atoms with E-state index in [4.69, 9.17) is 0 Å². The van der Waals surface area contributed by atoms with Crippen molar-refractivity contribution in [3.63, 3.8) is 0 Å². The molecule has 1 amide bonds. The molecular weight excluding hydrogens is 366 g/mol. The molecule has 2 nitrogen and oxygen atoms in total. The van der Waals surface area contributed by atoms with E-state index in [9.17, 15) is 4.79 Å². The highest BCUT2D eigenvalue weighted by atomic mass is 16.2. The minimum absolute atomic E-state index is 0.0234. The Morgan fingerprint density at radius 3 is 1.97 bits per heavy atom. The van der Waals surface area contributed by atoms with Gasteiger partial charge in [-0.3, -0.25) is 4.79 Å². The lowest BCUT2D eigenvalue weighted by Gasteiger charge is -2.18. The van der Waals surface area contributed by atoms with E-state index in [0.717, 1.165) is 30.5 Å². The first-order chi connectivity index (χ1) is 14.6. The molecule has 156 valence electrons. The van der Waals surface area contributed by atoms with Gasteiger partial charge in [-0.1, -0.05) is 67.4 Å². The van der Waals surface area contributed by atoms with Gasteiger partial charge in [0, 0.05) is 18.3 Å². The Morgan fingerprint density at radius 2 is 1.37 bits per heavy atom. The minimum Gasteiger partial charge on any atom is -0.311 e. The zero-order chi connectivity index (χ0) is 21.3. The number of hydrogen-bond donors (Lipinski definition) is 0. The second-order valence-electron chi connectivity index (χ2n) is 8.12. The van der Waals surface area contributed by atoms with E-state index in [1.54, 1.807) is 4.90 Å². The van der Waals surface area contributed by atoms with Crippen molar-refractivity contribution in [1.29, 1.82) is 0 Å². The Hall–Kier alpha value is -2.87. The summed E-state index contributed by atoms with van der Waals surface area (Å²) in [6.07, 6.45) is 6.93. The first-order valence-corrected chi connectivity index (χ1v) is 11.1. The summed E-state index contributed by atoms with van der Waals surface area (Å²) < 4.78 is 0. The van der Waals surface area contributed by atoms with Crippen molar-refractivity contribution in [2.45, 2.75) is 52.4 Å². The van der Waals surface area contributed by atoms with Gasteiger partial charge in [-0.25, -0.2) is 0 Å². The fourth-order valence-corrected chi connectivity index (χ4v) is 3.79. The summed E-state index contributed by atoms with van der Waals surface area (Å²) in [5.41, 5.74) is 7.10. The molecule has 2 heteroatoms. The monoisotopic (exact) mass is 399 g/mol. The van der Waals surface area contributed by atoms with Gasteiger partial charge in [0.1, 0.15) is 0 Å². The first-order valence-electron chi connectivity index (χ1n) is 11.1. The van der Waals surface area contributed by atoms with E-state index in [2.05, 4.69) is 43.3 Å². The molecule has 0 spiro atoms. The van der Waals surface area contributed by atoms with Crippen molar-refractivity contribution in [2.75, 3.05) is 11.9 Å². The molecule has 0 aliphatic rings. The van der Waals surface area contributed by atoms with Crippen molar-refractivity contribution in [3.05, 3.63) is 101 Å². The van der Waals surface area contributed by atoms with Crippen LogP contribution in [0.4, 0.5) is 5.69 Å². The molecule has 0 fully saturated rings. The Kier molecular flexibility index (Phi) is 7.84. The van der Waals surface area contributed by atoms with Gasteiger partial charge in [-0.05, 0) is 80.0 Å². The summed E-state index contributed by atoms with van der Waals surface area (Å²) in [5.74, 6) is 0.0234. The number of amides is 1. The van der Waals surface area contributed by atoms with Crippen LogP contribution in [0.15, 0.2) is 72.8 Å². The highest BCUT2D eigenvalue weighted by molar-refractivity contribution is 6.05. The third-order valence-electron chi connectivity index (χ3n) is 5.76. The SMILES string of the molecule is CCCCc1ccccc1CCCc1ccc(C(=O)N(C)c2ccc(C)cc2)cc1. The molecule has 3 aromatic carbocycles. The number of benzene rings is 3. The van der Waals surface area contributed by atoms with Crippen LogP contribution in [-0.2, 0) is 19.3 Å². The summed E-state index contributed by atoms with van der Waals surface area (Å²) in [4.78, 5) is 14.5. The van der Waals surface area contributed by atoms with Crippen molar-refractivity contribution in [3.8, 4) is 0 Å². The van der Waals surface area contributed by atoms with E-state index in [1.165, 1.54) is 41.5 Å². The van der Waals surface area contributed by atoms with Crippen LogP contribution in [0.25, 0.3) is 0 Å². The van der Waals surface area contributed by atoms with Crippen LogP contribution in [-0.4, -0.2) is 13.0 Å². The maximum absolute atomic E-state index is 12.8. The molecule has 0 aromatic heterocycles. The fraction of sp³-hybridized carbons (Fsp3) is 0.321. The number of nitrogens with zero attached hydrogens (tertiary/aromatic N) is 1. The van der Waals surface area contributed by atoms with Gasteiger partial charge in [0.05, 0.1) is 0 Å². The molecule has 0 saturated heterocycles. The average Bonchev–Trinajstić information content (AvgIpc) is 2.78. The topological polar surface area (TPSA) is 20.3 Å². The van der Waals surface area contributed by atoms with Crippen LogP contribution < -0.4 is 4.90 Å². The molecule has 0 bridgehead atoms. The standard InChI is InChI=1S/C28H33NO/c1-4-5-10-24-11-6-7-12-25(24)13-8-9-23-16-18-26(19-17-23)28(30)29(3)27-20-14-22(2)15-21-27/h6-7,11-12,14-21H,4-5,8-10,13H2,1-3H3. The number of aryl methyl sites for hydroxylation is 4. The Morgan fingerprint density at radius 1 is 0.767 bits per heavy atom. The van der Waals surface area contributed by atoms with Crippen LogP contribution in [0.1, 0.15) is 58.8 Å². The number of carbonyl (C=O) groups excluding carboxylic acids is 1. The highest BCUT2D eigenvalue weighted by Gasteiger charge is 2.13. The number of anilines is 1. The Labute approximate surface area is 181 Å². The van der Waals surface area contributed by atoms with Gasteiger partial charge in [-0.15, -0.1) is 0 Å². The van der Waals surface area contributed by atoms with Gasteiger partial charge >= 0.3 is 0 Å². The van der Waals surface area contributed by atoms with Crippen LogP contribution in [0, 0.1) is 6.92 Å². The Bertz CT molecular complexity index is 941. The average molecular weight is 400 g/mol.